The van der Waals surface area contributed by atoms with Crippen molar-refractivity contribution in [2.75, 3.05) is 45.1 Å². The summed E-state index contributed by atoms with van der Waals surface area (Å²) in [5.74, 6) is 0.759. The van der Waals surface area contributed by atoms with Gasteiger partial charge in [-0.2, -0.15) is 0 Å². The molecule has 0 N–H and O–H groups in total. The van der Waals surface area contributed by atoms with E-state index in [-0.39, 0.29) is 0 Å². The van der Waals surface area contributed by atoms with Crippen molar-refractivity contribution >= 4 is 11.6 Å². The van der Waals surface area contributed by atoms with Gasteiger partial charge >= 0.3 is 0 Å². The highest BCUT2D eigenvalue weighted by atomic mass is 35.5. The monoisotopic (exact) mass is 202 g/mol. The average molecular weight is 203 g/mol. The fraction of sp³-hybridized carbons (Fsp3) is 0.800. The molecule has 1 fully saturated rings. The third kappa shape index (κ3) is 4.12. The first kappa shape index (κ1) is 11.0. The van der Waals surface area contributed by atoms with Gasteiger partial charge in [0.2, 0.25) is 0 Å². The van der Waals surface area contributed by atoms with Gasteiger partial charge < -0.3 is 0 Å². The minimum atomic E-state index is 0.759. The Balaban J connectivity index is 2.14. The Labute approximate surface area is 86.2 Å². The van der Waals surface area contributed by atoms with Gasteiger partial charge in [-0.1, -0.05) is 12.2 Å². The van der Waals surface area contributed by atoms with Crippen molar-refractivity contribution in [3.8, 4) is 0 Å². The molecule has 1 heterocycles. The van der Waals surface area contributed by atoms with Crippen LogP contribution in [0, 0.1) is 0 Å². The predicted molar refractivity (Wildman–Crippen MR) is 58.4 cm³/mol. The van der Waals surface area contributed by atoms with Crippen molar-refractivity contribution < 1.29 is 0 Å². The number of halogens is 1. The Bertz CT molecular complexity index is 151. The van der Waals surface area contributed by atoms with E-state index in [1.165, 1.54) is 26.2 Å². The van der Waals surface area contributed by atoms with E-state index in [0.29, 0.717) is 0 Å². The van der Waals surface area contributed by atoms with Gasteiger partial charge in [0, 0.05) is 45.1 Å². The molecule has 2 nitrogen and oxygen atoms in total. The van der Waals surface area contributed by atoms with Gasteiger partial charge in [-0.3, -0.25) is 9.80 Å². The van der Waals surface area contributed by atoms with Gasteiger partial charge in [0.25, 0.3) is 0 Å². The van der Waals surface area contributed by atoms with Gasteiger partial charge in [0.15, 0.2) is 0 Å². The molecule has 76 valence electrons. The van der Waals surface area contributed by atoms with E-state index in [0.717, 1.165) is 19.0 Å². The topological polar surface area (TPSA) is 6.48 Å². The second-order valence-corrected chi connectivity index (χ2v) is 3.78. The third-order valence-corrected chi connectivity index (χ3v) is 2.63. The molecule has 1 saturated heterocycles. The van der Waals surface area contributed by atoms with Crippen LogP contribution >= 0.6 is 11.6 Å². The number of hydrogen-bond acceptors (Lipinski definition) is 2. The van der Waals surface area contributed by atoms with E-state index >= 15 is 0 Å². The van der Waals surface area contributed by atoms with Crippen LogP contribution in [0.2, 0.25) is 0 Å². The summed E-state index contributed by atoms with van der Waals surface area (Å²) in [7, 11) is 0. The summed E-state index contributed by atoms with van der Waals surface area (Å²) in [6.45, 7) is 8.92. The van der Waals surface area contributed by atoms with E-state index in [9.17, 15) is 0 Å². The van der Waals surface area contributed by atoms with Gasteiger partial charge in [-0.15, -0.1) is 11.6 Å². The summed E-state index contributed by atoms with van der Waals surface area (Å²) >= 11 is 5.69. The maximum absolute atomic E-state index is 5.69. The van der Waals surface area contributed by atoms with Crippen LogP contribution in [0.5, 0.6) is 0 Å². The van der Waals surface area contributed by atoms with Gasteiger partial charge in [-0.05, 0) is 6.92 Å². The fourth-order valence-corrected chi connectivity index (χ4v) is 1.81. The summed E-state index contributed by atoms with van der Waals surface area (Å²) in [6, 6.07) is 0. The molecule has 0 saturated carbocycles. The lowest BCUT2D eigenvalue weighted by Gasteiger charge is -2.33. The molecule has 1 rings (SSSR count). The van der Waals surface area contributed by atoms with Gasteiger partial charge in [0.1, 0.15) is 0 Å². The highest BCUT2D eigenvalue weighted by Crippen LogP contribution is 2.01. The highest BCUT2D eigenvalue weighted by Gasteiger charge is 2.14. The predicted octanol–water partition coefficient (Wildman–Crippen LogP) is 1.42. The number of rotatable bonds is 4. The standard InChI is InChI=1S/C10H19ClN2/c1-2-3-5-12-7-9-13(6-4-11)10-8-12/h2-3H,4-10H2,1H3/b3-2+. The third-order valence-electron chi connectivity index (χ3n) is 2.46. The van der Waals surface area contributed by atoms with Crippen molar-refractivity contribution in [3.05, 3.63) is 12.2 Å². The molecule has 0 atom stereocenters. The van der Waals surface area contributed by atoms with E-state index in [1.54, 1.807) is 0 Å². The highest BCUT2D eigenvalue weighted by molar-refractivity contribution is 6.18. The minimum absolute atomic E-state index is 0.759. The smallest absolute Gasteiger partial charge is 0.0351 e. The zero-order chi connectivity index (χ0) is 9.52. The normalized spacial score (nSPS) is 21.4. The Kier molecular flexibility index (Phi) is 5.44. The molecule has 0 aliphatic carbocycles. The Morgan fingerprint density at radius 1 is 1.15 bits per heavy atom. The molecule has 13 heavy (non-hydrogen) atoms. The summed E-state index contributed by atoms with van der Waals surface area (Å²) in [5.41, 5.74) is 0. The lowest BCUT2D eigenvalue weighted by molar-refractivity contribution is 0.148. The number of alkyl halides is 1. The Hall–Kier alpha value is -0.0500. The van der Waals surface area contributed by atoms with E-state index in [1.807, 2.05) is 0 Å². The molecule has 1 aliphatic rings. The number of nitrogens with zero attached hydrogens (tertiary/aromatic N) is 2. The SMILES string of the molecule is C/C=C/CN1CCN(CCCl)CC1. The zero-order valence-electron chi connectivity index (χ0n) is 8.38. The fourth-order valence-electron chi connectivity index (χ4n) is 1.57. The molecular formula is C10H19ClN2. The van der Waals surface area contributed by atoms with Crippen LogP contribution < -0.4 is 0 Å². The van der Waals surface area contributed by atoms with Crippen LogP contribution in [0.3, 0.4) is 0 Å². The van der Waals surface area contributed by atoms with Crippen LogP contribution in [0.4, 0.5) is 0 Å². The number of hydrogen-bond donors (Lipinski definition) is 0. The summed E-state index contributed by atoms with van der Waals surface area (Å²) in [6.07, 6.45) is 4.34. The van der Waals surface area contributed by atoms with E-state index in [4.69, 9.17) is 11.6 Å². The van der Waals surface area contributed by atoms with Crippen molar-refractivity contribution in [1.29, 1.82) is 0 Å². The quantitative estimate of drug-likeness (QED) is 0.503. The number of piperazine rings is 1. The van der Waals surface area contributed by atoms with Crippen molar-refractivity contribution in [2.45, 2.75) is 6.92 Å². The average Bonchev–Trinajstić information content (AvgIpc) is 2.17. The molecule has 0 amide bonds. The van der Waals surface area contributed by atoms with Crippen molar-refractivity contribution in [3.63, 3.8) is 0 Å². The van der Waals surface area contributed by atoms with E-state index in [2.05, 4.69) is 28.9 Å². The first-order valence-electron chi connectivity index (χ1n) is 4.98. The van der Waals surface area contributed by atoms with Gasteiger partial charge in [0.05, 0.1) is 0 Å². The Morgan fingerprint density at radius 3 is 2.31 bits per heavy atom. The molecule has 0 unspecified atom stereocenters. The molecule has 0 aromatic carbocycles. The summed E-state index contributed by atoms with van der Waals surface area (Å²) < 4.78 is 0. The number of allylic oxidation sites excluding steroid dienone is 1. The van der Waals surface area contributed by atoms with Crippen LogP contribution in [0.25, 0.3) is 0 Å². The second-order valence-electron chi connectivity index (χ2n) is 3.40. The largest absolute Gasteiger partial charge is 0.300 e. The molecule has 1 aliphatic heterocycles. The second kappa shape index (κ2) is 6.41. The van der Waals surface area contributed by atoms with Gasteiger partial charge in [-0.25, -0.2) is 0 Å². The maximum atomic E-state index is 5.69. The lowest BCUT2D eigenvalue weighted by Crippen LogP contribution is -2.46. The van der Waals surface area contributed by atoms with Crippen LogP contribution in [-0.2, 0) is 0 Å². The van der Waals surface area contributed by atoms with Crippen LogP contribution in [-0.4, -0.2) is 54.9 Å². The molecule has 0 aromatic rings. The zero-order valence-corrected chi connectivity index (χ0v) is 9.13. The lowest BCUT2D eigenvalue weighted by atomic mass is 10.3. The van der Waals surface area contributed by atoms with Crippen molar-refractivity contribution in [1.82, 2.24) is 9.80 Å². The van der Waals surface area contributed by atoms with Crippen LogP contribution in [0.1, 0.15) is 6.92 Å². The Morgan fingerprint density at radius 2 is 1.77 bits per heavy atom. The maximum Gasteiger partial charge on any atom is 0.0351 e. The molecule has 0 spiro atoms. The summed E-state index contributed by atoms with van der Waals surface area (Å²) in [5, 5.41) is 0. The molecule has 3 heteroatoms. The minimum Gasteiger partial charge on any atom is -0.300 e. The molecule has 0 bridgehead atoms. The first-order valence-corrected chi connectivity index (χ1v) is 5.52. The first-order chi connectivity index (χ1) is 6.36. The van der Waals surface area contributed by atoms with Crippen LogP contribution in [0.15, 0.2) is 12.2 Å². The summed E-state index contributed by atoms with van der Waals surface area (Å²) in [4.78, 5) is 4.91. The molecule has 0 radical (unpaired) electrons. The van der Waals surface area contributed by atoms with E-state index < -0.39 is 0 Å². The molecule has 0 aromatic heterocycles. The molecular weight excluding hydrogens is 184 g/mol. The van der Waals surface area contributed by atoms with Crippen molar-refractivity contribution in [2.24, 2.45) is 0 Å².